The highest BCUT2D eigenvalue weighted by molar-refractivity contribution is 6.30. The van der Waals surface area contributed by atoms with Gasteiger partial charge in [0.15, 0.2) is 0 Å². The number of piperidine rings is 1. The molecule has 1 saturated carbocycles. The summed E-state index contributed by atoms with van der Waals surface area (Å²) in [5.74, 6) is 0.216. The van der Waals surface area contributed by atoms with Crippen LogP contribution in [0.2, 0.25) is 5.02 Å². The second-order valence-electron chi connectivity index (χ2n) is 7.64. The van der Waals surface area contributed by atoms with Crippen molar-refractivity contribution in [3.63, 3.8) is 0 Å². The first-order chi connectivity index (χ1) is 11.9. The molecule has 0 atom stereocenters. The second kappa shape index (κ2) is 5.90. The molecule has 2 saturated heterocycles. The zero-order valence-corrected chi connectivity index (χ0v) is 15.2. The first-order valence-electron chi connectivity index (χ1n) is 8.94. The number of ether oxygens (including phenoxy) is 1. The van der Waals surface area contributed by atoms with Gasteiger partial charge in [-0.3, -0.25) is 4.79 Å². The van der Waals surface area contributed by atoms with Crippen LogP contribution in [0.1, 0.15) is 37.7 Å². The van der Waals surface area contributed by atoms with Gasteiger partial charge in [-0.05, 0) is 30.5 Å². The van der Waals surface area contributed by atoms with Crippen LogP contribution in [0.25, 0.3) is 0 Å². The van der Waals surface area contributed by atoms with E-state index < -0.39 is 11.0 Å². The van der Waals surface area contributed by atoms with E-state index in [0.717, 1.165) is 24.8 Å². The normalized spacial score (nSPS) is 24.2. The quantitative estimate of drug-likeness (QED) is 0.811. The molecular formula is C19H23ClN2O3. The SMILES string of the molecule is CN1CC2(CCN(C(=O)C3(c4ccc(Cl)cc4)CCC3)CC2)OC1=O. The Labute approximate surface area is 152 Å². The fraction of sp³-hybridized carbons (Fsp3) is 0.579. The van der Waals surface area contributed by atoms with Crippen LogP contribution in [0.3, 0.4) is 0 Å². The number of hydrogen-bond acceptors (Lipinski definition) is 3. The smallest absolute Gasteiger partial charge is 0.410 e. The van der Waals surface area contributed by atoms with Gasteiger partial charge in [-0.25, -0.2) is 4.79 Å². The molecule has 2 aliphatic heterocycles. The summed E-state index contributed by atoms with van der Waals surface area (Å²) in [7, 11) is 1.76. The molecule has 1 spiro atoms. The minimum atomic E-state index is -0.407. The molecule has 134 valence electrons. The van der Waals surface area contributed by atoms with Crippen LogP contribution < -0.4 is 0 Å². The van der Waals surface area contributed by atoms with Crippen molar-refractivity contribution in [1.82, 2.24) is 9.80 Å². The van der Waals surface area contributed by atoms with Crippen molar-refractivity contribution in [2.75, 3.05) is 26.7 Å². The van der Waals surface area contributed by atoms with E-state index in [9.17, 15) is 9.59 Å². The van der Waals surface area contributed by atoms with Crippen LogP contribution in [0.15, 0.2) is 24.3 Å². The molecule has 0 radical (unpaired) electrons. The summed E-state index contributed by atoms with van der Waals surface area (Å²) in [5, 5.41) is 0.692. The van der Waals surface area contributed by atoms with Gasteiger partial charge in [0, 0.05) is 38.0 Å². The Bertz CT molecular complexity index is 691. The Morgan fingerprint density at radius 1 is 1.12 bits per heavy atom. The molecular weight excluding hydrogens is 340 g/mol. The van der Waals surface area contributed by atoms with Crippen molar-refractivity contribution in [2.45, 2.75) is 43.1 Å². The van der Waals surface area contributed by atoms with Crippen LogP contribution in [0.5, 0.6) is 0 Å². The molecule has 2 heterocycles. The molecule has 2 amide bonds. The van der Waals surface area contributed by atoms with Crippen LogP contribution in [0, 0.1) is 0 Å². The molecule has 3 fully saturated rings. The van der Waals surface area contributed by atoms with Gasteiger partial charge in [0.25, 0.3) is 0 Å². The third kappa shape index (κ3) is 2.69. The van der Waals surface area contributed by atoms with Crippen molar-refractivity contribution < 1.29 is 14.3 Å². The van der Waals surface area contributed by atoms with Crippen LogP contribution >= 0.6 is 11.6 Å². The molecule has 6 heteroatoms. The van der Waals surface area contributed by atoms with Gasteiger partial charge in [-0.2, -0.15) is 0 Å². The summed E-state index contributed by atoms with van der Waals surface area (Å²) >= 11 is 6.00. The van der Waals surface area contributed by atoms with Gasteiger partial charge in [0.05, 0.1) is 12.0 Å². The third-order valence-electron chi connectivity index (χ3n) is 6.12. The minimum Gasteiger partial charge on any atom is -0.441 e. The highest BCUT2D eigenvalue weighted by atomic mass is 35.5. The van der Waals surface area contributed by atoms with Gasteiger partial charge in [-0.1, -0.05) is 30.2 Å². The third-order valence-corrected chi connectivity index (χ3v) is 6.37. The van der Waals surface area contributed by atoms with E-state index in [-0.39, 0.29) is 12.0 Å². The lowest BCUT2D eigenvalue weighted by molar-refractivity contribution is -0.144. The molecule has 4 rings (SSSR count). The summed E-state index contributed by atoms with van der Waals surface area (Å²) in [5.41, 5.74) is 0.272. The average Bonchev–Trinajstić information content (AvgIpc) is 2.82. The second-order valence-corrected chi connectivity index (χ2v) is 8.08. The lowest BCUT2D eigenvalue weighted by atomic mass is 9.63. The van der Waals surface area contributed by atoms with Gasteiger partial charge >= 0.3 is 6.09 Å². The number of carbonyl (C=O) groups excluding carboxylic acids is 2. The summed E-state index contributed by atoms with van der Waals surface area (Å²) in [6.45, 7) is 1.92. The highest BCUT2D eigenvalue weighted by Crippen LogP contribution is 2.46. The van der Waals surface area contributed by atoms with Gasteiger partial charge in [0.2, 0.25) is 5.91 Å². The van der Waals surface area contributed by atoms with E-state index in [1.54, 1.807) is 11.9 Å². The molecule has 3 aliphatic rings. The summed E-state index contributed by atoms with van der Waals surface area (Å²) in [4.78, 5) is 28.6. The number of likely N-dealkylation sites (N-methyl/N-ethyl adjacent to an activating group) is 1. The van der Waals surface area contributed by atoms with Crippen LogP contribution in [-0.2, 0) is 14.9 Å². The Morgan fingerprint density at radius 3 is 2.24 bits per heavy atom. The standard InChI is InChI=1S/C19H23ClN2O3/c1-21-13-18(25-17(21)24)9-11-22(12-10-18)16(23)19(7-2-8-19)14-3-5-15(20)6-4-14/h3-6H,2,7-13H2,1H3. The molecule has 0 N–H and O–H groups in total. The zero-order valence-electron chi connectivity index (χ0n) is 14.5. The molecule has 1 aromatic rings. The molecule has 0 unspecified atom stereocenters. The topological polar surface area (TPSA) is 49.9 Å². The number of hydrogen-bond donors (Lipinski definition) is 0. The van der Waals surface area contributed by atoms with E-state index in [4.69, 9.17) is 16.3 Å². The number of rotatable bonds is 2. The Morgan fingerprint density at radius 2 is 1.76 bits per heavy atom. The van der Waals surface area contributed by atoms with Crippen LogP contribution in [0.4, 0.5) is 4.79 Å². The van der Waals surface area contributed by atoms with Crippen molar-refractivity contribution in [2.24, 2.45) is 0 Å². The van der Waals surface area contributed by atoms with Crippen molar-refractivity contribution in [3.8, 4) is 0 Å². The fourth-order valence-corrected chi connectivity index (χ4v) is 4.52. The summed E-state index contributed by atoms with van der Waals surface area (Å²) in [6, 6.07) is 7.70. The molecule has 25 heavy (non-hydrogen) atoms. The molecule has 1 aromatic carbocycles. The number of likely N-dealkylation sites (tertiary alicyclic amines) is 1. The number of nitrogens with zero attached hydrogens (tertiary/aromatic N) is 2. The predicted molar refractivity (Wildman–Crippen MR) is 94.6 cm³/mol. The van der Waals surface area contributed by atoms with Crippen molar-refractivity contribution in [1.29, 1.82) is 0 Å². The monoisotopic (exact) mass is 362 g/mol. The largest absolute Gasteiger partial charge is 0.441 e. The van der Waals surface area contributed by atoms with E-state index in [2.05, 4.69) is 0 Å². The number of carbonyl (C=O) groups is 2. The lowest BCUT2D eigenvalue weighted by Crippen LogP contribution is -2.56. The number of benzene rings is 1. The minimum absolute atomic E-state index is 0.216. The summed E-state index contributed by atoms with van der Waals surface area (Å²) in [6.07, 6.45) is 4.04. The number of halogens is 1. The average molecular weight is 363 g/mol. The van der Waals surface area contributed by atoms with Crippen molar-refractivity contribution >= 4 is 23.6 Å². The van der Waals surface area contributed by atoms with E-state index in [1.165, 1.54) is 0 Å². The summed E-state index contributed by atoms with van der Waals surface area (Å²) < 4.78 is 5.59. The number of amides is 2. The zero-order chi connectivity index (χ0) is 17.7. The van der Waals surface area contributed by atoms with Crippen LogP contribution in [-0.4, -0.2) is 54.1 Å². The molecule has 1 aliphatic carbocycles. The molecule has 0 aromatic heterocycles. The van der Waals surface area contributed by atoms with Gasteiger partial charge < -0.3 is 14.5 Å². The van der Waals surface area contributed by atoms with Gasteiger partial charge in [-0.15, -0.1) is 0 Å². The first-order valence-corrected chi connectivity index (χ1v) is 9.32. The molecule has 5 nitrogen and oxygen atoms in total. The van der Waals surface area contributed by atoms with E-state index in [1.807, 2.05) is 29.2 Å². The first kappa shape index (κ1) is 16.7. The Kier molecular flexibility index (Phi) is 3.95. The van der Waals surface area contributed by atoms with Crippen molar-refractivity contribution in [3.05, 3.63) is 34.9 Å². The molecule has 0 bridgehead atoms. The van der Waals surface area contributed by atoms with Gasteiger partial charge in [0.1, 0.15) is 5.60 Å². The Hall–Kier alpha value is -1.75. The van der Waals surface area contributed by atoms with E-state index >= 15 is 0 Å². The lowest BCUT2D eigenvalue weighted by Gasteiger charge is -2.46. The maximum Gasteiger partial charge on any atom is 0.410 e. The Balaban J connectivity index is 1.48. The maximum atomic E-state index is 13.3. The van der Waals surface area contributed by atoms with E-state index in [0.29, 0.717) is 37.5 Å². The highest BCUT2D eigenvalue weighted by Gasteiger charge is 2.51. The fourth-order valence-electron chi connectivity index (χ4n) is 4.40. The predicted octanol–water partition coefficient (Wildman–Crippen LogP) is 3.20. The maximum absolute atomic E-state index is 13.3.